The van der Waals surface area contributed by atoms with Crippen molar-refractivity contribution in [3.63, 3.8) is 0 Å². The third-order valence-electron chi connectivity index (χ3n) is 4.43. The number of carbonyl (C=O) groups is 2. The van der Waals surface area contributed by atoms with Crippen molar-refractivity contribution in [1.29, 1.82) is 0 Å². The summed E-state index contributed by atoms with van der Waals surface area (Å²) in [6, 6.07) is 0. The van der Waals surface area contributed by atoms with Gasteiger partial charge in [0.15, 0.2) is 0 Å². The van der Waals surface area contributed by atoms with Crippen LogP contribution in [0.1, 0.15) is 19.8 Å². The highest BCUT2D eigenvalue weighted by Gasteiger charge is 2.67. The molecule has 5 nitrogen and oxygen atoms in total. The van der Waals surface area contributed by atoms with E-state index in [0.29, 0.717) is 6.54 Å². The maximum Gasteiger partial charge on any atom is 0.312 e. The average Bonchev–Trinajstić information content (AvgIpc) is 3.04. The molecule has 19 heavy (non-hydrogen) atoms. The molecular weight excluding hydrogens is 246 g/mol. The van der Waals surface area contributed by atoms with E-state index in [1.54, 1.807) is 0 Å². The Labute approximate surface area is 112 Å². The molecule has 104 valence electrons. The summed E-state index contributed by atoms with van der Waals surface area (Å²) in [4.78, 5) is 26.2. The standard InChI is InChI=1S/C14H19NO4/c1-3-4-7-15-8-14-6-5-9(19-14)10(13(17)18-2)11(14)12(15)16/h5-6,9-11H,3-4,7-8H2,1-2H3. The molecule has 1 spiro atoms. The van der Waals surface area contributed by atoms with Crippen LogP contribution < -0.4 is 0 Å². The summed E-state index contributed by atoms with van der Waals surface area (Å²) < 4.78 is 10.8. The molecule has 2 fully saturated rings. The summed E-state index contributed by atoms with van der Waals surface area (Å²) in [6.45, 7) is 3.40. The zero-order valence-corrected chi connectivity index (χ0v) is 11.3. The molecule has 0 aromatic heterocycles. The molecule has 2 bridgehead atoms. The maximum absolute atomic E-state index is 12.5. The van der Waals surface area contributed by atoms with Crippen LogP contribution in [0.2, 0.25) is 0 Å². The monoisotopic (exact) mass is 265 g/mol. The van der Waals surface area contributed by atoms with Gasteiger partial charge in [0.1, 0.15) is 11.5 Å². The van der Waals surface area contributed by atoms with Gasteiger partial charge < -0.3 is 14.4 Å². The first-order valence-electron chi connectivity index (χ1n) is 6.87. The fourth-order valence-corrected chi connectivity index (χ4v) is 3.52. The molecule has 0 saturated carbocycles. The molecule has 0 N–H and O–H groups in total. The van der Waals surface area contributed by atoms with Gasteiger partial charge in [-0.2, -0.15) is 0 Å². The largest absolute Gasteiger partial charge is 0.469 e. The Bertz CT molecular complexity index is 447. The van der Waals surface area contributed by atoms with Gasteiger partial charge >= 0.3 is 5.97 Å². The van der Waals surface area contributed by atoms with Gasteiger partial charge in [-0.05, 0) is 6.42 Å². The second kappa shape index (κ2) is 4.34. The molecule has 0 aliphatic carbocycles. The lowest BCUT2D eigenvalue weighted by Gasteiger charge is -2.22. The van der Waals surface area contributed by atoms with Gasteiger partial charge in [0.25, 0.3) is 0 Å². The van der Waals surface area contributed by atoms with E-state index in [2.05, 4.69) is 6.92 Å². The Morgan fingerprint density at radius 1 is 1.63 bits per heavy atom. The maximum atomic E-state index is 12.5. The summed E-state index contributed by atoms with van der Waals surface area (Å²) in [6.07, 6.45) is 5.58. The topological polar surface area (TPSA) is 55.8 Å². The first-order valence-corrected chi connectivity index (χ1v) is 6.87. The van der Waals surface area contributed by atoms with Crippen molar-refractivity contribution < 1.29 is 19.1 Å². The second-order valence-electron chi connectivity index (χ2n) is 5.54. The number of nitrogens with zero attached hydrogens (tertiary/aromatic N) is 1. The van der Waals surface area contributed by atoms with E-state index in [1.807, 2.05) is 17.1 Å². The minimum atomic E-state index is -0.589. The third kappa shape index (κ3) is 1.64. The van der Waals surface area contributed by atoms with Crippen LogP contribution in [0.3, 0.4) is 0 Å². The van der Waals surface area contributed by atoms with Crippen LogP contribution in [0.4, 0.5) is 0 Å². The normalized spacial score (nSPS) is 38.9. The molecule has 1 amide bonds. The van der Waals surface area contributed by atoms with Crippen LogP contribution in [0.15, 0.2) is 12.2 Å². The summed E-state index contributed by atoms with van der Waals surface area (Å²) in [5.74, 6) is -1.18. The van der Waals surface area contributed by atoms with E-state index in [-0.39, 0.29) is 18.0 Å². The number of methoxy groups -OCH3 is 1. The second-order valence-corrected chi connectivity index (χ2v) is 5.54. The minimum Gasteiger partial charge on any atom is -0.469 e. The summed E-state index contributed by atoms with van der Waals surface area (Å²) >= 11 is 0. The van der Waals surface area contributed by atoms with Crippen molar-refractivity contribution in [1.82, 2.24) is 4.90 Å². The number of likely N-dealkylation sites (tertiary alicyclic amines) is 1. The Morgan fingerprint density at radius 3 is 3.11 bits per heavy atom. The fourth-order valence-electron chi connectivity index (χ4n) is 3.52. The number of amides is 1. The molecule has 2 saturated heterocycles. The summed E-state index contributed by atoms with van der Waals surface area (Å²) in [7, 11) is 1.36. The number of carbonyl (C=O) groups excluding carboxylic acids is 2. The first-order chi connectivity index (χ1) is 9.13. The number of hydrogen-bond donors (Lipinski definition) is 0. The number of fused-ring (bicyclic) bond motifs is 1. The SMILES string of the molecule is CCCCN1CC23C=CC(O2)C(C(=O)OC)C3C1=O. The number of ether oxygens (including phenoxy) is 2. The molecule has 3 heterocycles. The van der Waals surface area contributed by atoms with E-state index in [1.165, 1.54) is 7.11 Å². The fraction of sp³-hybridized carbons (Fsp3) is 0.714. The highest BCUT2D eigenvalue weighted by Crippen LogP contribution is 2.52. The van der Waals surface area contributed by atoms with Crippen molar-refractivity contribution in [3.8, 4) is 0 Å². The van der Waals surface area contributed by atoms with Gasteiger partial charge in [-0.1, -0.05) is 25.5 Å². The molecular formula is C14H19NO4. The minimum absolute atomic E-state index is 0.0377. The van der Waals surface area contributed by atoms with Gasteiger partial charge in [0.05, 0.1) is 25.7 Å². The predicted octanol–water partition coefficient (Wildman–Crippen LogP) is 0.741. The van der Waals surface area contributed by atoms with Crippen LogP contribution in [0.25, 0.3) is 0 Å². The van der Waals surface area contributed by atoms with Gasteiger partial charge in [0, 0.05) is 6.54 Å². The number of esters is 1. The van der Waals surface area contributed by atoms with E-state index >= 15 is 0 Å². The van der Waals surface area contributed by atoms with E-state index in [4.69, 9.17) is 9.47 Å². The van der Waals surface area contributed by atoms with Crippen LogP contribution in [-0.4, -0.2) is 48.7 Å². The lowest BCUT2D eigenvalue weighted by atomic mass is 9.77. The number of rotatable bonds is 4. The molecule has 0 aromatic rings. The molecule has 4 atom stereocenters. The Morgan fingerprint density at radius 2 is 2.42 bits per heavy atom. The van der Waals surface area contributed by atoms with Gasteiger partial charge in [-0.15, -0.1) is 0 Å². The van der Waals surface area contributed by atoms with Gasteiger partial charge in [-0.3, -0.25) is 9.59 Å². The van der Waals surface area contributed by atoms with Crippen LogP contribution in [-0.2, 0) is 19.1 Å². The van der Waals surface area contributed by atoms with Gasteiger partial charge in [0.2, 0.25) is 5.91 Å². The summed E-state index contributed by atoms with van der Waals surface area (Å²) in [5.41, 5.74) is -0.589. The van der Waals surface area contributed by atoms with Crippen LogP contribution in [0, 0.1) is 11.8 Å². The third-order valence-corrected chi connectivity index (χ3v) is 4.43. The van der Waals surface area contributed by atoms with E-state index in [0.717, 1.165) is 19.4 Å². The van der Waals surface area contributed by atoms with E-state index < -0.39 is 17.4 Å². The lowest BCUT2D eigenvalue weighted by Crippen LogP contribution is -2.39. The molecule has 0 aromatic carbocycles. The average molecular weight is 265 g/mol. The Kier molecular flexibility index (Phi) is 2.89. The number of hydrogen-bond acceptors (Lipinski definition) is 4. The van der Waals surface area contributed by atoms with Crippen LogP contribution in [0.5, 0.6) is 0 Å². The van der Waals surface area contributed by atoms with Crippen molar-refractivity contribution >= 4 is 11.9 Å². The molecule has 5 heteroatoms. The zero-order chi connectivity index (χ0) is 13.6. The van der Waals surface area contributed by atoms with Gasteiger partial charge in [-0.25, -0.2) is 0 Å². The number of unbranched alkanes of at least 4 members (excludes halogenated alkanes) is 1. The molecule has 3 aliphatic heterocycles. The summed E-state index contributed by atoms with van der Waals surface area (Å²) in [5, 5.41) is 0. The molecule has 4 unspecified atom stereocenters. The molecule has 3 rings (SSSR count). The highest BCUT2D eigenvalue weighted by atomic mass is 16.5. The first kappa shape index (κ1) is 12.7. The predicted molar refractivity (Wildman–Crippen MR) is 67.2 cm³/mol. The van der Waals surface area contributed by atoms with Crippen molar-refractivity contribution in [3.05, 3.63) is 12.2 Å². The van der Waals surface area contributed by atoms with Crippen LogP contribution >= 0.6 is 0 Å². The highest BCUT2D eigenvalue weighted by molar-refractivity contribution is 5.91. The zero-order valence-electron chi connectivity index (χ0n) is 11.3. The van der Waals surface area contributed by atoms with Crippen molar-refractivity contribution in [2.24, 2.45) is 11.8 Å². The lowest BCUT2D eigenvalue weighted by molar-refractivity contribution is -0.151. The quantitative estimate of drug-likeness (QED) is 0.556. The Hall–Kier alpha value is -1.36. The smallest absolute Gasteiger partial charge is 0.312 e. The molecule has 3 aliphatic rings. The van der Waals surface area contributed by atoms with E-state index in [9.17, 15) is 9.59 Å². The van der Waals surface area contributed by atoms with Crippen molar-refractivity contribution in [2.75, 3.05) is 20.2 Å². The van der Waals surface area contributed by atoms with Crippen molar-refractivity contribution in [2.45, 2.75) is 31.5 Å². The Balaban J connectivity index is 1.86. The molecule has 0 radical (unpaired) electrons.